The molecule has 4 aliphatic rings. The van der Waals surface area contributed by atoms with Crippen LogP contribution in [0.2, 0.25) is 0 Å². The average Bonchev–Trinajstić information content (AvgIpc) is 3.63. The molecule has 13 nitrogen and oxygen atoms in total. The van der Waals surface area contributed by atoms with Gasteiger partial charge >= 0.3 is 0 Å². The minimum Gasteiger partial charge on any atom is -0.507 e. The number of para-hydroxylation sites is 2. The van der Waals surface area contributed by atoms with E-state index in [4.69, 9.17) is 10.5 Å². The maximum atomic E-state index is 12.3. The first kappa shape index (κ1) is 33.3. The Hall–Kier alpha value is -5.17. The van der Waals surface area contributed by atoms with Crippen molar-refractivity contribution in [3.8, 4) is 33.9 Å². The summed E-state index contributed by atoms with van der Waals surface area (Å²) in [5, 5.41) is 25.3. The number of ether oxygens (including phenoxy) is 1. The Morgan fingerprint density at radius 3 is 2.46 bits per heavy atom. The highest BCUT2D eigenvalue weighted by Crippen LogP contribution is 2.42. The number of aromatic hydroxyl groups is 1. The number of nitrogens with one attached hydrogen (secondary N) is 1. The Labute approximate surface area is 292 Å². The molecule has 4 N–H and O–H groups in total. The van der Waals surface area contributed by atoms with Crippen LogP contribution >= 0.6 is 0 Å². The number of piperazine rings is 1. The molecule has 3 fully saturated rings. The van der Waals surface area contributed by atoms with Gasteiger partial charge in [0.1, 0.15) is 18.4 Å². The fraction of sp³-hybridized carbons (Fsp3) is 0.432. The second-order valence-corrected chi connectivity index (χ2v) is 13.5. The molecule has 262 valence electrons. The van der Waals surface area contributed by atoms with E-state index < -0.39 is 0 Å². The molecule has 0 bridgehead atoms. The van der Waals surface area contributed by atoms with E-state index in [1.54, 1.807) is 12.1 Å². The predicted molar refractivity (Wildman–Crippen MR) is 192 cm³/mol. The summed E-state index contributed by atoms with van der Waals surface area (Å²) in [7, 11) is 2.14. The number of piperidine rings is 1. The molecule has 1 atom stereocenters. The number of anilines is 3. The number of amides is 2. The molecule has 13 heteroatoms. The molecule has 0 spiro atoms. The summed E-state index contributed by atoms with van der Waals surface area (Å²) < 4.78 is 8.07. The lowest BCUT2D eigenvalue weighted by Gasteiger charge is -2.41. The van der Waals surface area contributed by atoms with Crippen LogP contribution in [0.5, 0.6) is 11.5 Å². The van der Waals surface area contributed by atoms with Crippen LogP contribution in [-0.2, 0) is 9.59 Å². The van der Waals surface area contributed by atoms with Crippen LogP contribution in [0.3, 0.4) is 0 Å². The molecule has 2 aromatic carbocycles. The smallest absolute Gasteiger partial charge is 0.249 e. The number of phenols is 1. The van der Waals surface area contributed by atoms with Gasteiger partial charge in [-0.1, -0.05) is 37.5 Å². The summed E-state index contributed by atoms with van der Waals surface area (Å²) in [6, 6.07) is 15.2. The fourth-order valence-electron chi connectivity index (χ4n) is 7.33. The first-order chi connectivity index (χ1) is 24.4. The van der Waals surface area contributed by atoms with Gasteiger partial charge in [0.2, 0.25) is 11.8 Å². The number of carbonyl (C=O) groups excluding carboxylic acids is 2. The second kappa shape index (κ2) is 14.8. The van der Waals surface area contributed by atoms with E-state index in [1.165, 1.54) is 32.1 Å². The van der Waals surface area contributed by atoms with Crippen molar-refractivity contribution < 1.29 is 19.4 Å². The molecule has 50 heavy (non-hydrogen) atoms. The summed E-state index contributed by atoms with van der Waals surface area (Å²) >= 11 is 0. The van der Waals surface area contributed by atoms with E-state index in [0.29, 0.717) is 49.1 Å². The second-order valence-electron chi connectivity index (χ2n) is 13.5. The summed E-state index contributed by atoms with van der Waals surface area (Å²) in [6.45, 7) is 5.20. The van der Waals surface area contributed by atoms with E-state index in [1.807, 2.05) is 47.4 Å². The zero-order chi connectivity index (χ0) is 34.6. The van der Waals surface area contributed by atoms with E-state index in [-0.39, 0.29) is 23.6 Å². The Kier molecular flexibility index (Phi) is 9.83. The first-order valence-electron chi connectivity index (χ1n) is 17.6. The Bertz CT molecular complexity index is 1830. The molecule has 2 amide bonds. The number of nitrogens with zero attached hydrogens (tertiary/aromatic N) is 7. The molecule has 0 radical (unpaired) electrons. The van der Waals surface area contributed by atoms with Crippen LogP contribution < -0.4 is 25.6 Å². The van der Waals surface area contributed by atoms with Crippen LogP contribution in [0.1, 0.15) is 51.0 Å². The maximum Gasteiger partial charge on any atom is 0.249 e. The van der Waals surface area contributed by atoms with Crippen molar-refractivity contribution in [1.82, 2.24) is 30.2 Å². The Morgan fingerprint density at radius 1 is 0.900 bits per heavy atom. The standard InChI is InChI=1S/C19H21N5O.C18H24N4O3/c20-19-16(10-17(22-23-19)15-8-4-5-9-18(15)25)13-11-21-24(12-13)14-6-2-1-3-7-14;1-20-7-9-21(10-8-20)13-3-2-4-14-17(13)25-12-11-22(14)15-5-6-16(23)19-18(15)24/h4-5,8-12,14,25H,1-3,6-7H2,(H2,20,23);2-4,15H,5-12H2,1H3,(H,19,23,24). The highest BCUT2D eigenvalue weighted by molar-refractivity contribution is 6.02. The van der Waals surface area contributed by atoms with Gasteiger partial charge in [-0.3, -0.25) is 19.6 Å². The van der Waals surface area contributed by atoms with Crippen LogP contribution in [0.15, 0.2) is 60.9 Å². The van der Waals surface area contributed by atoms with Gasteiger partial charge in [-0.2, -0.15) is 5.10 Å². The number of fused-ring (bicyclic) bond motifs is 1. The van der Waals surface area contributed by atoms with Crippen LogP contribution in [0.25, 0.3) is 22.4 Å². The van der Waals surface area contributed by atoms with Crippen molar-refractivity contribution in [2.75, 3.05) is 61.9 Å². The van der Waals surface area contributed by atoms with Crippen LogP contribution in [-0.4, -0.2) is 94.2 Å². The zero-order valence-corrected chi connectivity index (χ0v) is 28.5. The molecule has 1 aliphatic carbocycles. The SMILES string of the molecule is CN1CCN(c2cccc3c2OCCN3C2CCC(=O)NC2=O)CC1.Nc1nnc(-c2ccccc2O)cc1-c1cnn(C2CCCCC2)c1. The number of nitrogen functional groups attached to an aromatic ring is 1. The summed E-state index contributed by atoms with van der Waals surface area (Å²) in [5.41, 5.74) is 11.0. The highest BCUT2D eigenvalue weighted by Gasteiger charge is 2.35. The van der Waals surface area contributed by atoms with E-state index in [0.717, 1.165) is 54.4 Å². The third-order valence-electron chi connectivity index (χ3n) is 10.2. The van der Waals surface area contributed by atoms with Crippen molar-refractivity contribution in [2.45, 2.75) is 57.0 Å². The molecule has 3 aliphatic heterocycles. The lowest BCUT2D eigenvalue weighted by Crippen LogP contribution is -2.54. The number of hydrogen-bond acceptors (Lipinski definition) is 11. The minimum atomic E-state index is -0.303. The molecule has 8 rings (SSSR count). The summed E-state index contributed by atoms with van der Waals surface area (Å²) in [4.78, 5) is 30.5. The average molecular weight is 680 g/mol. The summed E-state index contributed by atoms with van der Waals surface area (Å²) in [5.74, 6) is 1.02. The lowest BCUT2D eigenvalue weighted by molar-refractivity contribution is -0.134. The normalized spacial score (nSPS) is 20.0. The van der Waals surface area contributed by atoms with Gasteiger partial charge in [0.15, 0.2) is 11.6 Å². The van der Waals surface area contributed by atoms with Crippen LogP contribution in [0.4, 0.5) is 17.2 Å². The van der Waals surface area contributed by atoms with E-state index in [9.17, 15) is 14.7 Å². The molecule has 1 saturated carbocycles. The van der Waals surface area contributed by atoms with Gasteiger partial charge in [0.05, 0.1) is 35.9 Å². The molecule has 4 aromatic rings. The van der Waals surface area contributed by atoms with Gasteiger partial charge in [-0.25, -0.2) is 0 Å². The van der Waals surface area contributed by atoms with E-state index in [2.05, 4.69) is 48.4 Å². The van der Waals surface area contributed by atoms with Crippen molar-refractivity contribution in [2.24, 2.45) is 0 Å². The largest absolute Gasteiger partial charge is 0.507 e. The quantitative estimate of drug-likeness (QED) is 0.260. The Balaban J connectivity index is 0.000000157. The number of benzene rings is 2. The number of likely N-dealkylation sites (N-methyl/N-ethyl adjacent to an activating group) is 1. The third kappa shape index (κ3) is 7.09. The molecule has 1 unspecified atom stereocenters. The number of hydrogen-bond donors (Lipinski definition) is 3. The topological polar surface area (TPSA) is 155 Å². The number of rotatable bonds is 5. The van der Waals surface area contributed by atoms with E-state index >= 15 is 0 Å². The minimum absolute atomic E-state index is 0.172. The van der Waals surface area contributed by atoms with Crippen molar-refractivity contribution in [3.63, 3.8) is 0 Å². The monoisotopic (exact) mass is 679 g/mol. The van der Waals surface area contributed by atoms with Crippen molar-refractivity contribution in [1.29, 1.82) is 0 Å². The lowest BCUT2D eigenvalue weighted by atomic mass is 9.96. The molecular formula is C37H45N9O4. The number of aromatic nitrogens is 4. The number of phenolic OH excluding ortho intramolecular Hbond substituents is 1. The van der Waals surface area contributed by atoms with Gasteiger partial charge in [0, 0.05) is 55.5 Å². The number of nitrogens with two attached hydrogens (primary N) is 1. The molecule has 2 saturated heterocycles. The van der Waals surface area contributed by atoms with Gasteiger partial charge < -0.3 is 30.3 Å². The third-order valence-corrected chi connectivity index (χ3v) is 10.2. The molecular weight excluding hydrogens is 634 g/mol. The molecule has 2 aromatic heterocycles. The zero-order valence-electron chi connectivity index (χ0n) is 28.5. The summed E-state index contributed by atoms with van der Waals surface area (Å²) in [6.07, 6.45) is 11.0. The fourth-order valence-corrected chi connectivity index (χ4v) is 7.33. The van der Waals surface area contributed by atoms with Crippen molar-refractivity contribution >= 4 is 29.0 Å². The van der Waals surface area contributed by atoms with Crippen LogP contribution in [0, 0.1) is 0 Å². The maximum absolute atomic E-state index is 12.3. The van der Waals surface area contributed by atoms with Crippen molar-refractivity contribution in [3.05, 3.63) is 60.9 Å². The first-order valence-corrected chi connectivity index (χ1v) is 17.6. The van der Waals surface area contributed by atoms with Gasteiger partial charge in [0.25, 0.3) is 0 Å². The Morgan fingerprint density at radius 2 is 1.68 bits per heavy atom. The van der Waals surface area contributed by atoms with Gasteiger partial charge in [-0.15, -0.1) is 10.2 Å². The predicted octanol–water partition coefficient (Wildman–Crippen LogP) is 4.24. The number of imide groups is 1. The van der Waals surface area contributed by atoms with Gasteiger partial charge in [-0.05, 0) is 56.6 Å². The highest BCUT2D eigenvalue weighted by atomic mass is 16.5. The molecule has 5 heterocycles. The number of carbonyl (C=O) groups is 2.